The third-order valence-corrected chi connectivity index (χ3v) is 6.35. The summed E-state index contributed by atoms with van der Waals surface area (Å²) in [5.74, 6) is 1.24. The molecule has 0 unspecified atom stereocenters. The minimum atomic E-state index is -0.230. The van der Waals surface area contributed by atoms with Crippen molar-refractivity contribution in [2.24, 2.45) is 0 Å². The topological polar surface area (TPSA) is 54.6 Å². The predicted octanol–water partition coefficient (Wildman–Crippen LogP) is 5.34. The van der Waals surface area contributed by atoms with Crippen molar-refractivity contribution in [3.05, 3.63) is 94.1 Å². The molecule has 1 amide bonds. The molecule has 1 atom stereocenters. The number of nitrogens with zero attached hydrogens (tertiary/aromatic N) is 1. The van der Waals surface area contributed by atoms with E-state index in [-0.39, 0.29) is 18.7 Å². The van der Waals surface area contributed by atoms with Crippen LogP contribution in [0.5, 0.6) is 11.5 Å². The number of rotatable bonds is 2. The maximum absolute atomic E-state index is 13.7. The van der Waals surface area contributed by atoms with Gasteiger partial charge >= 0.3 is 0 Å². The quantitative estimate of drug-likeness (QED) is 0.467. The summed E-state index contributed by atoms with van der Waals surface area (Å²) < 4.78 is 10.9. The average molecular weight is 431 g/mol. The molecule has 0 radical (unpaired) electrons. The lowest BCUT2D eigenvalue weighted by molar-refractivity contribution is 0.0691. The number of ether oxygens (including phenoxy) is 2. The highest BCUT2D eigenvalue weighted by molar-refractivity contribution is 6.30. The van der Waals surface area contributed by atoms with E-state index in [0.717, 1.165) is 23.2 Å². The average Bonchev–Trinajstić information content (AvgIpc) is 3.42. The van der Waals surface area contributed by atoms with Crippen molar-refractivity contribution in [3.63, 3.8) is 0 Å². The van der Waals surface area contributed by atoms with Crippen LogP contribution in [0.3, 0.4) is 0 Å². The lowest BCUT2D eigenvalue weighted by atomic mass is 9.91. The standard InChI is InChI=1S/C25H19ClN2O3/c26-17-8-5-15(6-9-17)24-23-19(18-3-1-2-4-20(18)27-23)11-12-28(24)25(29)16-7-10-21-22(13-16)31-14-30-21/h1-10,13,24,27H,11-12,14H2/t24-/m1/s1. The van der Waals surface area contributed by atoms with Crippen molar-refractivity contribution in [2.45, 2.75) is 12.5 Å². The molecule has 5 nitrogen and oxygen atoms in total. The molecule has 0 aliphatic carbocycles. The number of H-pyrrole nitrogens is 1. The molecule has 0 spiro atoms. The van der Waals surface area contributed by atoms with Crippen LogP contribution in [0.2, 0.25) is 5.02 Å². The maximum atomic E-state index is 13.7. The molecular formula is C25H19ClN2O3. The number of benzene rings is 3. The maximum Gasteiger partial charge on any atom is 0.254 e. The number of para-hydroxylation sites is 1. The van der Waals surface area contributed by atoms with Gasteiger partial charge < -0.3 is 19.4 Å². The van der Waals surface area contributed by atoms with E-state index in [1.807, 2.05) is 35.2 Å². The van der Waals surface area contributed by atoms with Gasteiger partial charge in [-0.05, 0) is 53.9 Å². The first-order valence-corrected chi connectivity index (χ1v) is 10.6. The number of hydrogen-bond acceptors (Lipinski definition) is 3. The lowest BCUT2D eigenvalue weighted by Crippen LogP contribution is -2.40. The number of aromatic amines is 1. The summed E-state index contributed by atoms with van der Waals surface area (Å²) >= 11 is 6.15. The van der Waals surface area contributed by atoms with Crippen LogP contribution in [0, 0.1) is 0 Å². The van der Waals surface area contributed by atoms with Crippen molar-refractivity contribution < 1.29 is 14.3 Å². The molecular weight excluding hydrogens is 412 g/mol. The van der Waals surface area contributed by atoms with Gasteiger partial charge in [0.1, 0.15) is 0 Å². The fourth-order valence-electron chi connectivity index (χ4n) is 4.65. The van der Waals surface area contributed by atoms with Gasteiger partial charge in [-0.1, -0.05) is 41.9 Å². The largest absolute Gasteiger partial charge is 0.454 e. The molecule has 2 aliphatic heterocycles. The predicted molar refractivity (Wildman–Crippen MR) is 119 cm³/mol. The van der Waals surface area contributed by atoms with Gasteiger partial charge in [0.05, 0.1) is 6.04 Å². The Morgan fingerprint density at radius 2 is 1.81 bits per heavy atom. The molecule has 31 heavy (non-hydrogen) atoms. The van der Waals surface area contributed by atoms with Crippen LogP contribution >= 0.6 is 11.6 Å². The first kappa shape index (κ1) is 18.3. The zero-order valence-corrected chi connectivity index (χ0v) is 17.4. The summed E-state index contributed by atoms with van der Waals surface area (Å²) in [5, 5.41) is 1.89. The Hall–Kier alpha value is -3.44. The van der Waals surface area contributed by atoms with Crippen LogP contribution in [-0.4, -0.2) is 29.1 Å². The number of fused-ring (bicyclic) bond motifs is 4. The second kappa shape index (κ2) is 7.06. The van der Waals surface area contributed by atoms with Crippen LogP contribution in [-0.2, 0) is 6.42 Å². The zero-order valence-electron chi connectivity index (χ0n) is 16.6. The number of hydrogen-bond donors (Lipinski definition) is 1. The van der Waals surface area contributed by atoms with Gasteiger partial charge in [0.2, 0.25) is 6.79 Å². The number of amides is 1. The Balaban J connectivity index is 1.47. The normalized spacial score (nSPS) is 17.1. The molecule has 6 rings (SSSR count). The molecule has 6 heteroatoms. The van der Waals surface area contributed by atoms with Crippen LogP contribution in [0.4, 0.5) is 0 Å². The Bertz CT molecular complexity index is 1310. The van der Waals surface area contributed by atoms with E-state index in [4.69, 9.17) is 21.1 Å². The highest BCUT2D eigenvalue weighted by Crippen LogP contribution is 2.40. The summed E-state index contributed by atoms with van der Waals surface area (Å²) in [6, 6.07) is 21.2. The van der Waals surface area contributed by atoms with E-state index in [1.54, 1.807) is 18.2 Å². The molecule has 0 saturated heterocycles. The first-order chi connectivity index (χ1) is 15.2. The van der Waals surface area contributed by atoms with Gasteiger partial charge in [-0.2, -0.15) is 0 Å². The van der Waals surface area contributed by atoms with Gasteiger partial charge in [-0.15, -0.1) is 0 Å². The van der Waals surface area contributed by atoms with E-state index in [9.17, 15) is 4.79 Å². The van der Waals surface area contributed by atoms with Crippen molar-refractivity contribution in [1.29, 1.82) is 0 Å². The first-order valence-electron chi connectivity index (χ1n) is 10.2. The number of nitrogens with one attached hydrogen (secondary N) is 1. The van der Waals surface area contributed by atoms with Crippen molar-refractivity contribution >= 4 is 28.4 Å². The molecule has 1 N–H and O–H groups in total. The van der Waals surface area contributed by atoms with Crippen molar-refractivity contribution in [2.75, 3.05) is 13.3 Å². The third-order valence-electron chi connectivity index (χ3n) is 6.10. The summed E-state index contributed by atoms with van der Waals surface area (Å²) in [7, 11) is 0. The summed E-state index contributed by atoms with van der Waals surface area (Å²) in [6.45, 7) is 0.804. The molecule has 0 saturated carbocycles. The summed E-state index contributed by atoms with van der Waals surface area (Å²) in [4.78, 5) is 19.2. The number of aromatic nitrogens is 1. The second-order valence-electron chi connectivity index (χ2n) is 7.83. The SMILES string of the molecule is O=C(c1ccc2c(c1)OCO2)N1CCc2c([nH]c3ccccc23)[C@H]1c1ccc(Cl)cc1. The summed E-state index contributed by atoms with van der Waals surface area (Å²) in [5.41, 5.74) is 5.02. The third kappa shape index (κ3) is 2.96. The number of carbonyl (C=O) groups excluding carboxylic acids is 1. The van der Waals surface area contributed by atoms with E-state index >= 15 is 0 Å². The molecule has 3 aromatic carbocycles. The van der Waals surface area contributed by atoms with E-state index < -0.39 is 0 Å². The van der Waals surface area contributed by atoms with Gasteiger partial charge in [0.15, 0.2) is 11.5 Å². The van der Waals surface area contributed by atoms with Gasteiger partial charge in [0, 0.05) is 33.7 Å². The highest BCUT2D eigenvalue weighted by Gasteiger charge is 2.35. The molecule has 154 valence electrons. The van der Waals surface area contributed by atoms with Crippen molar-refractivity contribution in [1.82, 2.24) is 9.88 Å². The van der Waals surface area contributed by atoms with E-state index in [1.165, 1.54) is 10.9 Å². The Morgan fingerprint density at radius 1 is 1.00 bits per heavy atom. The number of carbonyl (C=O) groups is 1. The lowest BCUT2D eigenvalue weighted by Gasteiger charge is -2.36. The molecule has 0 bridgehead atoms. The monoisotopic (exact) mass is 430 g/mol. The van der Waals surface area contributed by atoms with Crippen molar-refractivity contribution in [3.8, 4) is 11.5 Å². The fraction of sp³-hybridized carbons (Fsp3) is 0.160. The van der Waals surface area contributed by atoms with Gasteiger partial charge in [-0.3, -0.25) is 4.79 Å². The second-order valence-corrected chi connectivity index (χ2v) is 8.27. The van der Waals surface area contributed by atoms with Gasteiger partial charge in [0.25, 0.3) is 5.91 Å². The Kier molecular flexibility index (Phi) is 4.18. The van der Waals surface area contributed by atoms with Crippen LogP contribution in [0.15, 0.2) is 66.7 Å². The fourth-order valence-corrected chi connectivity index (χ4v) is 4.77. The highest BCUT2D eigenvalue weighted by atomic mass is 35.5. The molecule has 2 aliphatic rings. The van der Waals surface area contributed by atoms with Gasteiger partial charge in [-0.25, -0.2) is 0 Å². The minimum absolute atomic E-state index is 0.0393. The van der Waals surface area contributed by atoms with E-state index in [0.29, 0.717) is 28.6 Å². The van der Waals surface area contributed by atoms with Crippen LogP contribution < -0.4 is 9.47 Å². The Morgan fingerprint density at radius 3 is 2.68 bits per heavy atom. The molecule has 3 heterocycles. The molecule has 1 aromatic heterocycles. The van der Waals surface area contributed by atoms with Crippen LogP contribution in [0.1, 0.15) is 33.2 Å². The molecule has 4 aromatic rings. The Labute approximate surface area is 184 Å². The molecule has 0 fully saturated rings. The van der Waals surface area contributed by atoms with Crippen LogP contribution in [0.25, 0.3) is 10.9 Å². The number of halogens is 1. The minimum Gasteiger partial charge on any atom is -0.454 e. The van der Waals surface area contributed by atoms with E-state index in [2.05, 4.69) is 23.2 Å². The summed E-state index contributed by atoms with van der Waals surface area (Å²) in [6.07, 6.45) is 0.791. The smallest absolute Gasteiger partial charge is 0.254 e. The zero-order chi connectivity index (χ0) is 20.9.